The number of hydrogen-bond donors (Lipinski definition) is 1. The number of nitrogens with one attached hydrogen (secondary N) is 1. The SMILES string of the molecule is COc1ccc(N(CC(=O)N/N=C\c2ccc(OCC(=O)N3CCCCC3)cc2)S(=O)(=O)c2ccc(C)cc2)cc1. The van der Waals surface area contributed by atoms with E-state index in [9.17, 15) is 18.0 Å². The lowest BCUT2D eigenvalue weighted by atomic mass is 10.1. The number of carbonyl (C=O) groups excluding carboxylic acids is 2. The van der Waals surface area contributed by atoms with Gasteiger partial charge < -0.3 is 14.4 Å². The molecule has 2 amide bonds. The van der Waals surface area contributed by atoms with E-state index in [1.165, 1.54) is 25.5 Å². The molecule has 0 spiro atoms. The molecule has 0 saturated carbocycles. The van der Waals surface area contributed by atoms with Crippen molar-refractivity contribution in [3.05, 3.63) is 83.9 Å². The van der Waals surface area contributed by atoms with Crippen LogP contribution < -0.4 is 19.2 Å². The molecule has 0 radical (unpaired) electrons. The fourth-order valence-electron chi connectivity index (χ4n) is 4.28. The number of ether oxygens (including phenoxy) is 2. The number of likely N-dealkylation sites (tertiary alicyclic amines) is 1. The topological polar surface area (TPSA) is 118 Å². The molecule has 1 saturated heterocycles. The molecule has 1 aliphatic rings. The largest absolute Gasteiger partial charge is 0.497 e. The number of carbonyl (C=O) groups is 2. The van der Waals surface area contributed by atoms with Crippen LogP contribution in [0.25, 0.3) is 0 Å². The maximum absolute atomic E-state index is 13.5. The van der Waals surface area contributed by atoms with Crippen molar-refractivity contribution in [3.8, 4) is 11.5 Å². The Labute approximate surface area is 240 Å². The third kappa shape index (κ3) is 8.07. The molecular weight excluding hydrogens is 544 g/mol. The van der Waals surface area contributed by atoms with Crippen molar-refractivity contribution in [2.45, 2.75) is 31.1 Å². The summed E-state index contributed by atoms with van der Waals surface area (Å²) >= 11 is 0. The molecule has 11 heteroatoms. The molecule has 0 atom stereocenters. The van der Waals surface area contributed by atoms with E-state index in [-0.39, 0.29) is 17.4 Å². The van der Waals surface area contributed by atoms with Gasteiger partial charge in [-0.15, -0.1) is 0 Å². The first-order valence-electron chi connectivity index (χ1n) is 13.3. The second kappa shape index (κ2) is 13.8. The van der Waals surface area contributed by atoms with E-state index in [4.69, 9.17) is 9.47 Å². The van der Waals surface area contributed by atoms with Crippen LogP contribution >= 0.6 is 0 Å². The molecule has 3 aromatic rings. The number of anilines is 1. The number of methoxy groups -OCH3 is 1. The number of nitrogens with zero attached hydrogens (tertiary/aromatic N) is 3. The lowest BCUT2D eigenvalue weighted by Crippen LogP contribution is -2.39. The predicted octanol–water partition coefficient (Wildman–Crippen LogP) is 3.74. The van der Waals surface area contributed by atoms with E-state index in [1.54, 1.807) is 60.7 Å². The van der Waals surface area contributed by atoms with Crippen molar-refractivity contribution in [1.82, 2.24) is 10.3 Å². The van der Waals surface area contributed by atoms with Crippen LogP contribution in [0.15, 0.2) is 82.8 Å². The van der Waals surface area contributed by atoms with Gasteiger partial charge in [0.15, 0.2) is 6.61 Å². The number of benzene rings is 3. The number of amides is 2. The van der Waals surface area contributed by atoms with Gasteiger partial charge in [-0.25, -0.2) is 13.8 Å². The van der Waals surface area contributed by atoms with Gasteiger partial charge in [0, 0.05) is 13.1 Å². The summed E-state index contributed by atoms with van der Waals surface area (Å²) in [5.41, 5.74) is 4.30. The fourth-order valence-corrected chi connectivity index (χ4v) is 5.70. The van der Waals surface area contributed by atoms with Crippen molar-refractivity contribution >= 4 is 33.7 Å². The van der Waals surface area contributed by atoms with Gasteiger partial charge in [-0.05, 0) is 92.4 Å². The standard InChI is InChI=1S/C30H34N4O6S/c1-23-6-16-28(17-7-23)41(37,38)34(25-10-14-26(39-2)15-11-25)21-29(35)32-31-20-24-8-12-27(13-9-24)40-22-30(36)33-18-4-3-5-19-33/h6-17,20H,3-5,18-19,21-22H2,1-2H3,(H,32,35)/b31-20-. The summed E-state index contributed by atoms with van der Waals surface area (Å²) in [4.78, 5) is 27.0. The van der Waals surface area contributed by atoms with Crippen LogP contribution in [0.1, 0.15) is 30.4 Å². The first kappa shape index (κ1) is 29.6. The van der Waals surface area contributed by atoms with E-state index in [0.29, 0.717) is 22.7 Å². The highest BCUT2D eigenvalue weighted by Gasteiger charge is 2.27. The van der Waals surface area contributed by atoms with Crippen molar-refractivity contribution < 1.29 is 27.5 Å². The molecule has 10 nitrogen and oxygen atoms in total. The molecule has 0 bridgehead atoms. The molecule has 0 aromatic heterocycles. The Kier molecular flexibility index (Phi) is 9.96. The summed E-state index contributed by atoms with van der Waals surface area (Å²) in [7, 11) is -2.53. The number of piperidine rings is 1. The van der Waals surface area contributed by atoms with Crippen molar-refractivity contribution in [3.63, 3.8) is 0 Å². The molecule has 1 fully saturated rings. The molecule has 1 N–H and O–H groups in total. The average Bonchev–Trinajstić information content (AvgIpc) is 3.00. The van der Waals surface area contributed by atoms with Gasteiger partial charge in [-0.1, -0.05) is 17.7 Å². The number of aryl methyl sites for hydroxylation is 1. The third-order valence-electron chi connectivity index (χ3n) is 6.61. The first-order chi connectivity index (χ1) is 19.8. The van der Waals surface area contributed by atoms with Crippen LogP contribution in [0.4, 0.5) is 5.69 Å². The van der Waals surface area contributed by atoms with Gasteiger partial charge in [-0.2, -0.15) is 5.10 Å². The van der Waals surface area contributed by atoms with Crippen LogP contribution in [0.5, 0.6) is 11.5 Å². The fraction of sp³-hybridized carbons (Fsp3) is 0.300. The smallest absolute Gasteiger partial charge is 0.264 e. The Morgan fingerprint density at radius 3 is 2.20 bits per heavy atom. The van der Waals surface area contributed by atoms with Gasteiger partial charge in [0.1, 0.15) is 18.0 Å². The number of rotatable bonds is 11. The summed E-state index contributed by atoms with van der Waals surface area (Å²) in [6.07, 6.45) is 4.64. The highest BCUT2D eigenvalue weighted by molar-refractivity contribution is 7.92. The molecule has 4 rings (SSSR count). The first-order valence-corrected chi connectivity index (χ1v) is 14.8. The number of hydrazone groups is 1. The normalized spacial score (nSPS) is 13.6. The minimum Gasteiger partial charge on any atom is -0.497 e. The van der Waals surface area contributed by atoms with Crippen molar-refractivity contribution in [1.29, 1.82) is 0 Å². The summed E-state index contributed by atoms with van der Waals surface area (Å²) < 4.78 is 38.8. The Morgan fingerprint density at radius 1 is 0.927 bits per heavy atom. The number of sulfonamides is 1. The summed E-state index contributed by atoms with van der Waals surface area (Å²) in [5, 5.41) is 3.98. The Morgan fingerprint density at radius 2 is 1.56 bits per heavy atom. The third-order valence-corrected chi connectivity index (χ3v) is 8.40. The van der Waals surface area contributed by atoms with Crippen LogP contribution in [0, 0.1) is 6.92 Å². The minimum atomic E-state index is -4.05. The van der Waals surface area contributed by atoms with E-state index < -0.39 is 22.5 Å². The van der Waals surface area contributed by atoms with E-state index in [1.807, 2.05) is 11.8 Å². The van der Waals surface area contributed by atoms with Crippen LogP contribution in [-0.2, 0) is 19.6 Å². The van der Waals surface area contributed by atoms with Crippen LogP contribution in [0.2, 0.25) is 0 Å². The summed E-state index contributed by atoms with van der Waals surface area (Å²) in [6.45, 7) is 2.91. The average molecular weight is 579 g/mol. The second-order valence-electron chi connectivity index (χ2n) is 9.62. The Hall–Kier alpha value is -4.38. The van der Waals surface area contributed by atoms with Crippen molar-refractivity contribution in [2.24, 2.45) is 5.10 Å². The zero-order chi connectivity index (χ0) is 29.2. The van der Waals surface area contributed by atoms with Gasteiger partial charge in [-0.3, -0.25) is 13.9 Å². The van der Waals surface area contributed by atoms with Crippen molar-refractivity contribution in [2.75, 3.05) is 37.7 Å². The van der Waals surface area contributed by atoms with E-state index >= 15 is 0 Å². The van der Waals surface area contributed by atoms with Crippen LogP contribution in [0.3, 0.4) is 0 Å². The zero-order valence-electron chi connectivity index (χ0n) is 23.2. The van der Waals surface area contributed by atoms with Gasteiger partial charge in [0.2, 0.25) is 0 Å². The molecule has 1 heterocycles. The molecule has 216 valence electrons. The van der Waals surface area contributed by atoms with E-state index in [0.717, 1.165) is 42.2 Å². The zero-order valence-corrected chi connectivity index (χ0v) is 24.0. The highest BCUT2D eigenvalue weighted by atomic mass is 32.2. The molecule has 41 heavy (non-hydrogen) atoms. The lowest BCUT2D eigenvalue weighted by Gasteiger charge is -2.26. The lowest BCUT2D eigenvalue weighted by molar-refractivity contribution is -0.134. The quantitative estimate of drug-likeness (QED) is 0.274. The molecular formula is C30H34N4O6S. The predicted molar refractivity (Wildman–Crippen MR) is 157 cm³/mol. The minimum absolute atomic E-state index is 0.0142. The summed E-state index contributed by atoms with van der Waals surface area (Å²) in [5.74, 6) is 0.462. The van der Waals surface area contributed by atoms with Crippen LogP contribution in [-0.4, -0.2) is 64.7 Å². The highest BCUT2D eigenvalue weighted by Crippen LogP contribution is 2.26. The van der Waals surface area contributed by atoms with Gasteiger partial charge >= 0.3 is 0 Å². The molecule has 0 unspecified atom stereocenters. The maximum Gasteiger partial charge on any atom is 0.264 e. The Balaban J connectivity index is 1.37. The molecule has 0 aliphatic carbocycles. The van der Waals surface area contributed by atoms with E-state index in [2.05, 4.69) is 10.5 Å². The summed E-state index contributed by atoms with van der Waals surface area (Å²) in [6, 6.07) is 19.7. The van der Waals surface area contributed by atoms with Gasteiger partial charge in [0.25, 0.3) is 21.8 Å². The second-order valence-corrected chi connectivity index (χ2v) is 11.5. The Bertz CT molecular complexity index is 1450. The van der Waals surface area contributed by atoms with Gasteiger partial charge in [0.05, 0.1) is 23.9 Å². The molecule has 3 aromatic carbocycles. The monoisotopic (exact) mass is 578 g/mol. The number of hydrogen-bond acceptors (Lipinski definition) is 7. The maximum atomic E-state index is 13.5. The molecule has 1 aliphatic heterocycles.